The first-order valence-corrected chi connectivity index (χ1v) is 5.04. The first-order chi connectivity index (χ1) is 6.24. The second kappa shape index (κ2) is 4.90. The summed E-state index contributed by atoms with van der Waals surface area (Å²) >= 11 is 0. The van der Waals surface area contributed by atoms with Crippen molar-refractivity contribution in [3.05, 3.63) is 12.3 Å². The minimum absolute atomic E-state index is 0.476. The van der Waals surface area contributed by atoms with Crippen molar-refractivity contribution in [2.45, 2.75) is 45.6 Å². The van der Waals surface area contributed by atoms with Crippen LogP contribution in [-0.4, -0.2) is 9.78 Å². The fourth-order valence-electron chi connectivity index (χ4n) is 1.42. The lowest BCUT2D eigenvalue weighted by molar-refractivity contribution is 0.440. The van der Waals surface area contributed by atoms with Gasteiger partial charge in [0.15, 0.2) is 0 Å². The van der Waals surface area contributed by atoms with Gasteiger partial charge in [0.1, 0.15) is 5.82 Å². The highest BCUT2D eigenvalue weighted by Crippen LogP contribution is 2.14. The minimum atomic E-state index is 0.476. The van der Waals surface area contributed by atoms with Crippen molar-refractivity contribution in [2.75, 3.05) is 5.73 Å². The van der Waals surface area contributed by atoms with Crippen LogP contribution in [0.1, 0.15) is 45.6 Å². The zero-order valence-electron chi connectivity index (χ0n) is 8.53. The molecule has 1 aromatic rings. The van der Waals surface area contributed by atoms with Crippen LogP contribution in [0.25, 0.3) is 0 Å². The van der Waals surface area contributed by atoms with Crippen LogP contribution in [0.3, 0.4) is 0 Å². The van der Waals surface area contributed by atoms with Crippen LogP contribution in [-0.2, 0) is 0 Å². The van der Waals surface area contributed by atoms with Crippen molar-refractivity contribution < 1.29 is 0 Å². The van der Waals surface area contributed by atoms with Gasteiger partial charge in [-0.2, -0.15) is 5.10 Å². The summed E-state index contributed by atoms with van der Waals surface area (Å²) < 4.78 is 1.95. The topological polar surface area (TPSA) is 43.8 Å². The van der Waals surface area contributed by atoms with Crippen molar-refractivity contribution in [3.8, 4) is 0 Å². The Morgan fingerprint density at radius 3 is 2.85 bits per heavy atom. The van der Waals surface area contributed by atoms with Crippen LogP contribution >= 0.6 is 0 Å². The summed E-state index contributed by atoms with van der Waals surface area (Å²) in [5.74, 6) is 0.613. The molecule has 0 aromatic carbocycles. The Balaban J connectivity index is 2.35. The van der Waals surface area contributed by atoms with E-state index in [9.17, 15) is 0 Å². The fourth-order valence-corrected chi connectivity index (χ4v) is 1.42. The molecule has 0 radical (unpaired) electrons. The smallest absolute Gasteiger partial charge is 0.145 e. The van der Waals surface area contributed by atoms with Crippen molar-refractivity contribution in [2.24, 2.45) is 0 Å². The van der Waals surface area contributed by atoms with E-state index in [1.54, 1.807) is 0 Å². The predicted molar refractivity (Wildman–Crippen MR) is 55.5 cm³/mol. The number of nitrogens with zero attached hydrogens (tertiary/aromatic N) is 2. The van der Waals surface area contributed by atoms with Crippen molar-refractivity contribution in [1.82, 2.24) is 9.78 Å². The molecule has 2 N–H and O–H groups in total. The quantitative estimate of drug-likeness (QED) is 0.709. The van der Waals surface area contributed by atoms with Gasteiger partial charge in [-0.15, -0.1) is 0 Å². The lowest BCUT2D eigenvalue weighted by Gasteiger charge is -2.10. The van der Waals surface area contributed by atoms with Gasteiger partial charge in [-0.1, -0.05) is 26.2 Å². The van der Waals surface area contributed by atoms with Gasteiger partial charge in [-0.05, 0) is 19.4 Å². The predicted octanol–water partition coefficient (Wildman–Crippen LogP) is 2.61. The van der Waals surface area contributed by atoms with Gasteiger partial charge < -0.3 is 5.73 Å². The van der Waals surface area contributed by atoms with Gasteiger partial charge in [0.25, 0.3) is 0 Å². The largest absolute Gasteiger partial charge is 0.382 e. The molecule has 0 saturated heterocycles. The number of hydrogen-bond acceptors (Lipinski definition) is 2. The van der Waals surface area contributed by atoms with Crippen molar-refractivity contribution in [1.29, 1.82) is 0 Å². The van der Waals surface area contributed by atoms with E-state index < -0.39 is 0 Å². The maximum Gasteiger partial charge on any atom is 0.145 e. The molecule has 3 heteroatoms. The summed E-state index contributed by atoms with van der Waals surface area (Å²) in [6.45, 7) is 4.40. The van der Waals surface area contributed by atoms with E-state index in [1.165, 1.54) is 25.7 Å². The fraction of sp³-hybridized carbons (Fsp3) is 0.700. The maximum atomic E-state index is 5.54. The van der Waals surface area contributed by atoms with E-state index in [-0.39, 0.29) is 0 Å². The molecule has 0 bridgehead atoms. The highest BCUT2D eigenvalue weighted by atomic mass is 15.3. The SMILES string of the molecule is CCCCC[C@@H](C)n1ccc(N)n1. The number of nitrogen functional groups attached to an aromatic ring is 1. The third-order valence-corrected chi connectivity index (χ3v) is 2.31. The lowest BCUT2D eigenvalue weighted by Crippen LogP contribution is -2.06. The Morgan fingerprint density at radius 2 is 2.31 bits per heavy atom. The molecule has 1 atom stereocenters. The summed E-state index contributed by atoms with van der Waals surface area (Å²) in [5.41, 5.74) is 5.54. The monoisotopic (exact) mass is 181 g/mol. The minimum Gasteiger partial charge on any atom is -0.382 e. The van der Waals surface area contributed by atoms with Gasteiger partial charge in [-0.3, -0.25) is 4.68 Å². The molecular formula is C10H19N3. The van der Waals surface area contributed by atoms with Crippen LogP contribution in [0.2, 0.25) is 0 Å². The Kier molecular flexibility index (Phi) is 3.80. The van der Waals surface area contributed by atoms with Crippen LogP contribution in [0.5, 0.6) is 0 Å². The van der Waals surface area contributed by atoms with E-state index >= 15 is 0 Å². The zero-order valence-corrected chi connectivity index (χ0v) is 8.53. The van der Waals surface area contributed by atoms with E-state index in [2.05, 4.69) is 18.9 Å². The van der Waals surface area contributed by atoms with E-state index in [0.717, 1.165) is 0 Å². The summed E-state index contributed by atoms with van der Waals surface area (Å²) in [6.07, 6.45) is 6.99. The molecule has 1 aromatic heterocycles. The average molecular weight is 181 g/mol. The molecule has 1 rings (SSSR count). The molecule has 3 nitrogen and oxygen atoms in total. The normalized spacial score (nSPS) is 13.1. The zero-order chi connectivity index (χ0) is 9.68. The Hall–Kier alpha value is -0.990. The molecule has 13 heavy (non-hydrogen) atoms. The van der Waals surface area contributed by atoms with Gasteiger partial charge in [0, 0.05) is 12.2 Å². The Bertz CT molecular complexity index is 242. The van der Waals surface area contributed by atoms with Crippen LogP contribution in [0, 0.1) is 0 Å². The average Bonchev–Trinajstić information content (AvgIpc) is 2.52. The number of rotatable bonds is 5. The highest BCUT2D eigenvalue weighted by molar-refractivity contribution is 5.23. The lowest BCUT2D eigenvalue weighted by atomic mass is 10.1. The molecule has 0 fully saturated rings. The van der Waals surface area contributed by atoms with Crippen LogP contribution in [0.4, 0.5) is 5.82 Å². The summed E-state index contributed by atoms with van der Waals surface area (Å²) in [6, 6.07) is 2.32. The number of unbranched alkanes of at least 4 members (excludes halogenated alkanes) is 2. The third kappa shape index (κ3) is 3.09. The maximum absolute atomic E-state index is 5.54. The van der Waals surface area contributed by atoms with E-state index in [0.29, 0.717) is 11.9 Å². The molecule has 0 unspecified atom stereocenters. The number of anilines is 1. The summed E-state index contributed by atoms with van der Waals surface area (Å²) in [4.78, 5) is 0. The molecule has 0 aliphatic rings. The summed E-state index contributed by atoms with van der Waals surface area (Å²) in [5, 5.41) is 4.18. The molecule has 0 aliphatic carbocycles. The second-order valence-electron chi connectivity index (χ2n) is 3.57. The second-order valence-corrected chi connectivity index (χ2v) is 3.57. The first-order valence-electron chi connectivity index (χ1n) is 5.04. The molecule has 0 aliphatic heterocycles. The number of nitrogens with two attached hydrogens (primary N) is 1. The Labute approximate surface area is 79.9 Å². The first kappa shape index (κ1) is 10.1. The third-order valence-electron chi connectivity index (χ3n) is 2.31. The van der Waals surface area contributed by atoms with E-state index in [4.69, 9.17) is 5.73 Å². The van der Waals surface area contributed by atoms with E-state index in [1.807, 2.05) is 16.9 Å². The summed E-state index contributed by atoms with van der Waals surface area (Å²) in [7, 11) is 0. The van der Waals surface area contributed by atoms with Gasteiger partial charge in [0.05, 0.1) is 0 Å². The van der Waals surface area contributed by atoms with Gasteiger partial charge in [0.2, 0.25) is 0 Å². The molecule has 0 amide bonds. The molecular weight excluding hydrogens is 162 g/mol. The molecule has 74 valence electrons. The van der Waals surface area contributed by atoms with Crippen molar-refractivity contribution in [3.63, 3.8) is 0 Å². The molecule has 1 heterocycles. The number of hydrogen-bond donors (Lipinski definition) is 1. The molecule has 0 saturated carbocycles. The standard InChI is InChI=1S/C10H19N3/c1-3-4-5-6-9(2)13-8-7-10(11)12-13/h7-9H,3-6H2,1-2H3,(H2,11,12)/t9-/m1/s1. The number of aromatic nitrogens is 2. The molecule has 0 spiro atoms. The van der Waals surface area contributed by atoms with Gasteiger partial charge >= 0.3 is 0 Å². The van der Waals surface area contributed by atoms with Gasteiger partial charge in [-0.25, -0.2) is 0 Å². The Morgan fingerprint density at radius 1 is 1.54 bits per heavy atom. The van der Waals surface area contributed by atoms with Crippen LogP contribution < -0.4 is 5.73 Å². The van der Waals surface area contributed by atoms with Crippen molar-refractivity contribution >= 4 is 5.82 Å². The van der Waals surface area contributed by atoms with Crippen LogP contribution in [0.15, 0.2) is 12.3 Å². The highest BCUT2D eigenvalue weighted by Gasteiger charge is 2.04.